The molecule has 0 spiro atoms. The minimum atomic E-state index is 0.0361. The summed E-state index contributed by atoms with van der Waals surface area (Å²) in [7, 11) is 1.69. The predicted octanol–water partition coefficient (Wildman–Crippen LogP) is 2.58. The second-order valence-electron chi connectivity index (χ2n) is 5.07. The molecule has 1 fully saturated rings. The highest BCUT2D eigenvalue weighted by molar-refractivity contribution is 7.16. The van der Waals surface area contributed by atoms with Crippen molar-refractivity contribution in [3.63, 3.8) is 0 Å². The summed E-state index contributed by atoms with van der Waals surface area (Å²) in [6.07, 6.45) is 3.14. The van der Waals surface area contributed by atoms with Gasteiger partial charge in [0.1, 0.15) is 0 Å². The van der Waals surface area contributed by atoms with Crippen LogP contribution in [-0.4, -0.2) is 24.2 Å². The lowest BCUT2D eigenvalue weighted by Crippen LogP contribution is -2.25. The lowest BCUT2D eigenvalue weighted by molar-refractivity contribution is -0.124. The molecule has 0 atom stereocenters. The Bertz CT molecular complexity index is 682. The molecule has 106 valence electrons. The molecule has 1 aromatic heterocycles. The first-order valence-corrected chi connectivity index (χ1v) is 7.77. The van der Waals surface area contributed by atoms with Crippen LogP contribution in [0.15, 0.2) is 29.3 Å². The van der Waals surface area contributed by atoms with Crippen LogP contribution in [-0.2, 0) is 16.1 Å². The smallest absolute Gasteiger partial charge is 0.251 e. The second kappa shape index (κ2) is 5.89. The Labute approximate surface area is 121 Å². The van der Waals surface area contributed by atoms with Crippen LogP contribution in [0, 0.1) is 5.92 Å². The van der Waals surface area contributed by atoms with Gasteiger partial charge in [0, 0.05) is 19.6 Å². The minimum absolute atomic E-state index is 0.0361. The highest BCUT2D eigenvalue weighted by atomic mass is 32.1. The van der Waals surface area contributed by atoms with Crippen LogP contribution in [0.4, 0.5) is 0 Å². The van der Waals surface area contributed by atoms with Crippen molar-refractivity contribution in [2.45, 2.75) is 25.8 Å². The number of rotatable bonds is 4. The van der Waals surface area contributed by atoms with Gasteiger partial charge in [0.25, 0.3) is 5.91 Å². The summed E-state index contributed by atoms with van der Waals surface area (Å²) < 4.78 is 8.40. The topological polar surface area (TPSA) is 43.6 Å². The summed E-state index contributed by atoms with van der Waals surface area (Å²) in [4.78, 5) is 17.2. The van der Waals surface area contributed by atoms with E-state index in [0.717, 1.165) is 40.8 Å². The molecule has 0 saturated heterocycles. The molecule has 0 radical (unpaired) electrons. The molecule has 0 N–H and O–H groups in total. The molecule has 2 aromatic rings. The van der Waals surface area contributed by atoms with Crippen molar-refractivity contribution < 1.29 is 9.53 Å². The molecule has 1 aliphatic rings. The lowest BCUT2D eigenvalue weighted by Gasteiger charge is -2.20. The van der Waals surface area contributed by atoms with E-state index in [1.807, 2.05) is 12.1 Å². The van der Waals surface area contributed by atoms with Gasteiger partial charge in [-0.15, -0.1) is 0 Å². The molecule has 5 heteroatoms. The van der Waals surface area contributed by atoms with Crippen molar-refractivity contribution in [3.05, 3.63) is 29.1 Å². The number of hydrogen-bond donors (Lipinski definition) is 0. The van der Waals surface area contributed by atoms with E-state index < -0.39 is 0 Å². The van der Waals surface area contributed by atoms with Gasteiger partial charge in [0.15, 0.2) is 4.80 Å². The van der Waals surface area contributed by atoms with Gasteiger partial charge in [-0.05, 0) is 25.0 Å². The number of benzene rings is 1. The van der Waals surface area contributed by atoms with Crippen molar-refractivity contribution in [1.82, 2.24) is 4.57 Å². The molecular weight excluding hydrogens is 272 g/mol. The SMILES string of the molecule is COCCn1c(=NC(=O)C2CCC2)sc2ccccc21. The molecular formula is C15H18N2O2S. The number of hydrogen-bond acceptors (Lipinski definition) is 3. The Hall–Kier alpha value is -1.46. The summed E-state index contributed by atoms with van der Waals surface area (Å²) in [6, 6.07) is 8.15. The van der Waals surface area contributed by atoms with Crippen LogP contribution >= 0.6 is 11.3 Å². The Morgan fingerprint density at radius 2 is 2.25 bits per heavy atom. The highest BCUT2D eigenvalue weighted by Gasteiger charge is 2.25. The number of methoxy groups -OCH3 is 1. The molecule has 0 aliphatic heterocycles. The Balaban J connectivity index is 2.03. The van der Waals surface area contributed by atoms with Crippen molar-refractivity contribution in [2.24, 2.45) is 10.9 Å². The van der Waals surface area contributed by atoms with Gasteiger partial charge in [-0.3, -0.25) is 4.79 Å². The Morgan fingerprint density at radius 1 is 1.45 bits per heavy atom. The van der Waals surface area contributed by atoms with Crippen molar-refractivity contribution in [2.75, 3.05) is 13.7 Å². The van der Waals surface area contributed by atoms with E-state index in [1.54, 1.807) is 18.4 Å². The molecule has 1 heterocycles. The van der Waals surface area contributed by atoms with E-state index >= 15 is 0 Å². The van der Waals surface area contributed by atoms with Gasteiger partial charge in [0.2, 0.25) is 0 Å². The monoisotopic (exact) mass is 290 g/mol. The van der Waals surface area contributed by atoms with Gasteiger partial charge >= 0.3 is 0 Å². The van der Waals surface area contributed by atoms with E-state index in [0.29, 0.717) is 6.61 Å². The first-order chi connectivity index (χ1) is 9.79. The largest absolute Gasteiger partial charge is 0.383 e. The molecule has 0 unspecified atom stereocenters. The summed E-state index contributed by atoms with van der Waals surface area (Å²) in [5.74, 6) is 0.185. The number of carbonyl (C=O) groups excluding carboxylic acids is 1. The normalized spacial score (nSPS) is 16.6. The van der Waals surface area contributed by atoms with Gasteiger partial charge in [-0.25, -0.2) is 0 Å². The van der Waals surface area contributed by atoms with Gasteiger partial charge in [-0.2, -0.15) is 4.99 Å². The summed E-state index contributed by atoms with van der Waals surface area (Å²) in [5, 5.41) is 0. The molecule has 1 amide bonds. The number of para-hydroxylation sites is 1. The fourth-order valence-electron chi connectivity index (χ4n) is 2.35. The first kappa shape index (κ1) is 13.5. The van der Waals surface area contributed by atoms with E-state index in [9.17, 15) is 4.79 Å². The number of ether oxygens (including phenoxy) is 1. The van der Waals surface area contributed by atoms with Crippen molar-refractivity contribution >= 4 is 27.5 Å². The molecule has 3 rings (SSSR count). The van der Waals surface area contributed by atoms with E-state index in [2.05, 4.69) is 21.7 Å². The molecule has 20 heavy (non-hydrogen) atoms. The highest BCUT2D eigenvalue weighted by Crippen LogP contribution is 2.27. The quantitative estimate of drug-likeness (QED) is 0.868. The third kappa shape index (κ3) is 2.55. The lowest BCUT2D eigenvalue weighted by atomic mass is 9.85. The number of carbonyl (C=O) groups is 1. The summed E-state index contributed by atoms with van der Waals surface area (Å²) in [5.41, 5.74) is 1.12. The molecule has 0 bridgehead atoms. The maximum Gasteiger partial charge on any atom is 0.251 e. The number of amides is 1. The van der Waals surface area contributed by atoms with Crippen LogP contribution in [0.1, 0.15) is 19.3 Å². The fraction of sp³-hybridized carbons (Fsp3) is 0.467. The zero-order chi connectivity index (χ0) is 13.9. The average molecular weight is 290 g/mol. The maximum atomic E-state index is 12.1. The van der Waals surface area contributed by atoms with Crippen LogP contribution in [0.2, 0.25) is 0 Å². The van der Waals surface area contributed by atoms with E-state index in [1.165, 1.54) is 0 Å². The predicted molar refractivity (Wildman–Crippen MR) is 79.6 cm³/mol. The molecule has 1 aromatic carbocycles. The minimum Gasteiger partial charge on any atom is -0.383 e. The zero-order valence-electron chi connectivity index (χ0n) is 11.5. The van der Waals surface area contributed by atoms with Crippen molar-refractivity contribution in [1.29, 1.82) is 0 Å². The van der Waals surface area contributed by atoms with Crippen LogP contribution < -0.4 is 4.80 Å². The van der Waals surface area contributed by atoms with E-state index in [-0.39, 0.29) is 11.8 Å². The fourth-order valence-corrected chi connectivity index (χ4v) is 3.41. The maximum absolute atomic E-state index is 12.1. The van der Waals surface area contributed by atoms with Gasteiger partial charge < -0.3 is 9.30 Å². The van der Waals surface area contributed by atoms with Gasteiger partial charge in [-0.1, -0.05) is 29.9 Å². The Morgan fingerprint density at radius 3 is 2.95 bits per heavy atom. The van der Waals surface area contributed by atoms with E-state index in [4.69, 9.17) is 4.74 Å². The van der Waals surface area contributed by atoms with Crippen molar-refractivity contribution in [3.8, 4) is 0 Å². The zero-order valence-corrected chi connectivity index (χ0v) is 12.4. The molecule has 4 nitrogen and oxygen atoms in total. The van der Waals surface area contributed by atoms with Crippen LogP contribution in [0.25, 0.3) is 10.2 Å². The summed E-state index contributed by atoms with van der Waals surface area (Å²) >= 11 is 1.57. The number of aromatic nitrogens is 1. The average Bonchev–Trinajstić information content (AvgIpc) is 2.71. The molecule has 1 aliphatic carbocycles. The Kier molecular flexibility index (Phi) is 3.98. The number of fused-ring (bicyclic) bond motifs is 1. The standard InChI is InChI=1S/C15H18N2O2S/c1-19-10-9-17-12-7-2-3-8-13(12)20-15(17)16-14(18)11-5-4-6-11/h2-3,7-8,11H,4-6,9-10H2,1H3. The van der Waals surface area contributed by atoms with Crippen LogP contribution in [0.3, 0.4) is 0 Å². The third-order valence-electron chi connectivity index (χ3n) is 3.77. The van der Waals surface area contributed by atoms with Crippen LogP contribution in [0.5, 0.6) is 0 Å². The number of nitrogens with zero attached hydrogens (tertiary/aromatic N) is 2. The summed E-state index contributed by atoms with van der Waals surface area (Å²) in [6.45, 7) is 1.34. The number of thiazole rings is 1. The third-order valence-corrected chi connectivity index (χ3v) is 4.83. The van der Waals surface area contributed by atoms with Gasteiger partial charge in [0.05, 0.1) is 16.8 Å². The molecule has 1 saturated carbocycles. The first-order valence-electron chi connectivity index (χ1n) is 6.95. The second-order valence-corrected chi connectivity index (χ2v) is 6.08.